The van der Waals surface area contributed by atoms with E-state index >= 15 is 0 Å². The highest BCUT2D eigenvalue weighted by molar-refractivity contribution is 5.31. The normalized spacial score (nSPS) is 18.3. The third kappa shape index (κ3) is 12.1. The first-order valence-electron chi connectivity index (χ1n) is 15.7. The van der Waals surface area contributed by atoms with Gasteiger partial charge in [0.1, 0.15) is 11.5 Å². The van der Waals surface area contributed by atoms with E-state index in [1.165, 1.54) is 88.7 Å². The highest BCUT2D eigenvalue weighted by atomic mass is 16.5. The zero-order valence-corrected chi connectivity index (χ0v) is 24.5. The first-order chi connectivity index (χ1) is 19.8. The van der Waals surface area contributed by atoms with Crippen molar-refractivity contribution in [3.63, 3.8) is 0 Å². The monoisotopic (exact) mass is 542 g/mol. The fourth-order valence-corrected chi connectivity index (χ4v) is 5.49. The highest BCUT2D eigenvalue weighted by Gasteiger charge is 2.09. The van der Waals surface area contributed by atoms with E-state index in [1.54, 1.807) is 0 Å². The Bertz CT molecular complexity index is 941. The second-order valence-electron chi connectivity index (χ2n) is 11.2. The largest absolute Gasteiger partial charge is 0.494 e. The van der Waals surface area contributed by atoms with Crippen molar-refractivity contribution in [2.45, 2.75) is 77.3 Å². The Morgan fingerprint density at radius 1 is 0.400 bits per heavy atom. The topological polar surface area (TPSA) is 24.9 Å². The Kier molecular flexibility index (Phi) is 14.0. The molecular weight excluding hydrogens is 492 g/mol. The Hall–Kier alpha value is -2.82. The molecule has 0 fully saturated rings. The van der Waals surface area contributed by atoms with Crippen LogP contribution in [0.1, 0.15) is 75.3 Å². The van der Waals surface area contributed by atoms with Crippen molar-refractivity contribution in [3.05, 3.63) is 96.1 Å². The van der Waals surface area contributed by atoms with Crippen molar-refractivity contribution in [3.8, 4) is 11.5 Å². The van der Waals surface area contributed by atoms with Gasteiger partial charge in [0.25, 0.3) is 0 Å². The maximum Gasteiger partial charge on any atom is 0.119 e. The van der Waals surface area contributed by atoms with Crippen LogP contribution in [0.2, 0.25) is 0 Å². The van der Waals surface area contributed by atoms with Crippen molar-refractivity contribution < 1.29 is 9.47 Å². The van der Waals surface area contributed by atoms with Gasteiger partial charge in [-0.05, 0) is 100 Å². The highest BCUT2D eigenvalue weighted by Crippen LogP contribution is 2.19. The molecule has 3 aromatic carbocycles. The molecule has 0 aliphatic carbocycles. The third-order valence-corrected chi connectivity index (χ3v) is 7.80. The molecule has 0 saturated heterocycles. The molecule has 0 unspecified atom stereocenters. The Morgan fingerprint density at radius 2 is 0.750 bits per heavy atom. The predicted octanol–water partition coefficient (Wildman–Crippen LogP) is 8.36. The third-order valence-electron chi connectivity index (χ3n) is 7.80. The number of nitrogens with zero attached hydrogens (tertiary/aromatic N) is 2. The van der Waals surface area contributed by atoms with Crippen LogP contribution in [0.3, 0.4) is 0 Å². The van der Waals surface area contributed by atoms with Crippen LogP contribution in [-0.4, -0.2) is 49.2 Å². The molecule has 216 valence electrons. The summed E-state index contributed by atoms with van der Waals surface area (Å²) in [6.45, 7) is 8.37. The second-order valence-corrected chi connectivity index (χ2v) is 11.2. The van der Waals surface area contributed by atoms with Gasteiger partial charge in [-0.3, -0.25) is 9.80 Å². The fraction of sp³-hybridized carbons (Fsp3) is 0.500. The average molecular weight is 543 g/mol. The molecule has 0 N–H and O–H groups in total. The molecule has 0 radical (unpaired) electrons. The fourth-order valence-electron chi connectivity index (χ4n) is 5.49. The van der Waals surface area contributed by atoms with Crippen LogP contribution in [0.5, 0.6) is 11.5 Å². The van der Waals surface area contributed by atoms with Crippen LogP contribution < -0.4 is 9.47 Å². The molecule has 4 nitrogen and oxygen atoms in total. The lowest BCUT2D eigenvalue weighted by molar-refractivity contribution is 0.225. The molecule has 2 heterocycles. The molecule has 0 aromatic heterocycles. The molecule has 2 bridgehead atoms. The predicted molar refractivity (Wildman–Crippen MR) is 167 cm³/mol. The van der Waals surface area contributed by atoms with Gasteiger partial charge in [0.15, 0.2) is 0 Å². The summed E-state index contributed by atoms with van der Waals surface area (Å²) in [5, 5.41) is 0. The zero-order chi connectivity index (χ0) is 27.5. The van der Waals surface area contributed by atoms with E-state index in [0.717, 1.165) is 50.6 Å². The lowest BCUT2D eigenvalue weighted by atomic mass is 10.1. The number of hydrogen-bond donors (Lipinski definition) is 0. The maximum atomic E-state index is 5.97. The van der Waals surface area contributed by atoms with Crippen LogP contribution in [-0.2, 0) is 13.1 Å². The second kappa shape index (κ2) is 18.5. The van der Waals surface area contributed by atoms with Gasteiger partial charge < -0.3 is 9.47 Å². The van der Waals surface area contributed by atoms with Gasteiger partial charge in [0.05, 0.1) is 13.2 Å². The van der Waals surface area contributed by atoms with E-state index in [2.05, 4.69) is 70.5 Å². The molecule has 0 atom stereocenters. The van der Waals surface area contributed by atoms with Crippen molar-refractivity contribution in [2.24, 2.45) is 0 Å². The van der Waals surface area contributed by atoms with E-state index < -0.39 is 0 Å². The standard InChI is InChI=1S/C36H50N2O2/c1-3-15-29-39-35-21-23-36(24-22-35)40-30-16-4-2-12-26-38(32-34-19-9-6-10-20-34)28-14-13-27-37(25-11-1)31-33-17-7-5-8-18-33/h5-10,17-24H,1-4,11-16,25-32H2. The van der Waals surface area contributed by atoms with Crippen LogP contribution in [0, 0.1) is 0 Å². The lowest BCUT2D eigenvalue weighted by Gasteiger charge is -2.25. The molecule has 3 aromatic rings. The molecule has 0 spiro atoms. The van der Waals surface area contributed by atoms with E-state index in [0.29, 0.717) is 0 Å². The number of rotatable bonds is 4. The van der Waals surface area contributed by atoms with E-state index in [9.17, 15) is 0 Å². The summed E-state index contributed by atoms with van der Waals surface area (Å²) in [6.07, 6.45) is 12.2. The summed E-state index contributed by atoms with van der Waals surface area (Å²) >= 11 is 0. The van der Waals surface area contributed by atoms with Gasteiger partial charge in [-0.15, -0.1) is 0 Å². The first kappa shape index (κ1) is 30.1. The van der Waals surface area contributed by atoms with E-state index in [4.69, 9.17) is 9.47 Å². The maximum absolute atomic E-state index is 5.97. The van der Waals surface area contributed by atoms with Gasteiger partial charge in [0, 0.05) is 13.1 Å². The Balaban J connectivity index is 1.32. The van der Waals surface area contributed by atoms with Gasteiger partial charge >= 0.3 is 0 Å². The van der Waals surface area contributed by atoms with Crippen LogP contribution in [0.25, 0.3) is 0 Å². The van der Waals surface area contributed by atoms with E-state index in [-0.39, 0.29) is 0 Å². The average Bonchev–Trinajstić information content (AvgIpc) is 2.99. The van der Waals surface area contributed by atoms with Crippen molar-refractivity contribution in [1.29, 1.82) is 0 Å². The molecular formula is C36H50N2O2. The van der Waals surface area contributed by atoms with E-state index in [1.807, 2.05) is 24.3 Å². The lowest BCUT2D eigenvalue weighted by Crippen LogP contribution is -2.28. The number of ether oxygens (including phenoxy) is 2. The summed E-state index contributed by atoms with van der Waals surface area (Å²) in [6, 6.07) is 30.1. The summed E-state index contributed by atoms with van der Waals surface area (Å²) in [5.41, 5.74) is 2.84. The zero-order valence-electron chi connectivity index (χ0n) is 24.5. The summed E-state index contributed by atoms with van der Waals surface area (Å²) in [4.78, 5) is 5.35. The van der Waals surface area contributed by atoms with Crippen molar-refractivity contribution in [1.82, 2.24) is 9.80 Å². The Morgan fingerprint density at radius 3 is 1.15 bits per heavy atom. The SMILES string of the molecule is c1ccc(CN2CCCCCCOc3ccc(cc3)OCCCCCCN(Cc3ccccc3)CCCC2)cc1. The molecule has 4 heteroatoms. The van der Waals surface area contributed by atoms with Gasteiger partial charge in [-0.25, -0.2) is 0 Å². The number of hydrogen-bond acceptors (Lipinski definition) is 4. The number of fused-ring (bicyclic) bond motifs is 21. The van der Waals surface area contributed by atoms with Crippen LogP contribution in [0.4, 0.5) is 0 Å². The van der Waals surface area contributed by atoms with Crippen LogP contribution in [0.15, 0.2) is 84.9 Å². The summed E-state index contributed by atoms with van der Waals surface area (Å²) in [5.74, 6) is 1.88. The van der Waals surface area contributed by atoms with Gasteiger partial charge in [-0.1, -0.05) is 86.3 Å². The molecule has 0 amide bonds. The summed E-state index contributed by atoms with van der Waals surface area (Å²) < 4.78 is 11.9. The minimum Gasteiger partial charge on any atom is -0.494 e. The Labute approximate surface area is 243 Å². The first-order valence-corrected chi connectivity index (χ1v) is 15.7. The summed E-state index contributed by atoms with van der Waals surface area (Å²) in [7, 11) is 0. The van der Waals surface area contributed by atoms with Crippen molar-refractivity contribution in [2.75, 3.05) is 39.4 Å². The molecule has 5 rings (SSSR count). The molecule has 2 aliphatic rings. The minimum absolute atomic E-state index is 0.785. The molecule has 2 aliphatic heterocycles. The van der Waals surface area contributed by atoms with Gasteiger partial charge in [-0.2, -0.15) is 0 Å². The smallest absolute Gasteiger partial charge is 0.119 e. The van der Waals surface area contributed by atoms with Gasteiger partial charge in [0.2, 0.25) is 0 Å². The van der Waals surface area contributed by atoms with Crippen molar-refractivity contribution >= 4 is 0 Å². The molecule has 0 saturated carbocycles. The molecule has 40 heavy (non-hydrogen) atoms. The minimum atomic E-state index is 0.785. The quantitative estimate of drug-likeness (QED) is 0.331. The number of benzene rings is 3. The van der Waals surface area contributed by atoms with Crippen LogP contribution >= 0.6 is 0 Å².